The lowest BCUT2D eigenvalue weighted by Gasteiger charge is -2.17. The van der Waals surface area contributed by atoms with Crippen molar-refractivity contribution in [3.63, 3.8) is 0 Å². The fraction of sp³-hybridized carbons (Fsp3) is 0.400. The molecular weight excluding hydrogens is 243 g/mol. The van der Waals surface area contributed by atoms with Crippen LogP contribution in [0.1, 0.15) is 42.8 Å². The average Bonchev–Trinajstić information content (AvgIpc) is 2.83. The third kappa shape index (κ3) is 3.01. The molecule has 0 saturated heterocycles. The van der Waals surface area contributed by atoms with Crippen molar-refractivity contribution in [2.75, 3.05) is 0 Å². The van der Waals surface area contributed by atoms with Gasteiger partial charge in [0.05, 0.1) is 24.3 Å². The first-order chi connectivity index (χ1) is 8.99. The number of hydrogen-bond donors (Lipinski definition) is 1. The van der Waals surface area contributed by atoms with Gasteiger partial charge in [-0.05, 0) is 44.0 Å². The summed E-state index contributed by atoms with van der Waals surface area (Å²) in [6.07, 6.45) is 3.09. The molecule has 4 heteroatoms. The van der Waals surface area contributed by atoms with Crippen molar-refractivity contribution >= 4 is 0 Å². The van der Waals surface area contributed by atoms with E-state index in [1.807, 2.05) is 25.3 Å². The summed E-state index contributed by atoms with van der Waals surface area (Å²) in [4.78, 5) is 4.07. The molecule has 0 fully saturated rings. The van der Waals surface area contributed by atoms with Crippen LogP contribution in [-0.2, 0) is 6.42 Å². The van der Waals surface area contributed by atoms with E-state index >= 15 is 0 Å². The smallest absolute Gasteiger partial charge is 0.123 e. The molecule has 0 bridgehead atoms. The molecule has 0 aliphatic heterocycles. The summed E-state index contributed by atoms with van der Waals surface area (Å²) >= 11 is 0. The van der Waals surface area contributed by atoms with Crippen LogP contribution < -0.4 is 0 Å². The molecule has 1 atom stereocenters. The highest BCUT2D eigenvalue weighted by molar-refractivity contribution is 5.28. The largest absolute Gasteiger partial charge is 0.386 e. The molecule has 0 spiro atoms. The van der Waals surface area contributed by atoms with Crippen LogP contribution >= 0.6 is 0 Å². The predicted octanol–water partition coefficient (Wildman–Crippen LogP) is 3.19. The molecule has 0 aliphatic rings. The minimum atomic E-state index is -0.676. The number of aromatic nitrogens is 2. The van der Waals surface area contributed by atoms with E-state index < -0.39 is 6.10 Å². The van der Waals surface area contributed by atoms with Crippen molar-refractivity contribution < 1.29 is 9.50 Å². The zero-order chi connectivity index (χ0) is 14.0. The van der Waals surface area contributed by atoms with Crippen LogP contribution in [0, 0.1) is 12.7 Å². The number of benzene rings is 1. The number of aliphatic hydroxyl groups is 1. The quantitative estimate of drug-likeness (QED) is 0.919. The van der Waals surface area contributed by atoms with Gasteiger partial charge in [0.1, 0.15) is 5.82 Å². The zero-order valence-electron chi connectivity index (χ0n) is 11.5. The van der Waals surface area contributed by atoms with Crippen molar-refractivity contribution in [1.82, 2.24) is 9.55 Å². The number of halogens is 1. The predicted molar refractivity (Wildman–Crippen MR) is 72.4 cm³/mol. The number of hydrogen-bond acceptors (Lipinski definition) is 2. The van der Waals surface area contributed by atoms with Gasteiger partial charge < -0.3 is 9.67 Å². The number of aliphatic hydroxyl groups excluding tert-OH is 1. The van der Waals surface area contributed by atoms with Gasteiger partial charge in [0, 0.05) is 12.5 Å². The summed E-state index contributed by atoms with van der Waals surface area (Å²) in [5.41, 5.74) is 2.57. The molecule has 0 amide bonds. The second-order valence-electron chi connectivity index (χ2n) is 5.11. The van der Waals surface area contributed by atoms with E-state index in [9.17, 15) is 9.50 Å². The second kappa shape index (κ2) is 5.53. The van der Waals surface area contributed by atoms with Gasteiger partial charge >= 0.3 is 0 Å². The summed E-state index contributed by atoms with van der Waals surface area (Å²) in [6.45, 7) is 5.98. The van der Waals surface area contributed by atoms with Gasteiger partial charge in [-0.1, -0.05) is 6.07 Å². The third-order valence-corrected chi connectivity index (χ3v) is 3.32. The van der Waals surface area contributed by atoms with Crippen LogP contribution in [0.4, 0.5) is 4.39 Å². The lowest BCUT2D eigenvalue weighted by Crippen LogP contribution is -2.11. The molecule has 0 saturated carbocycles. The second-order valence-corrected chi connectivity index (χ2v) is 5.11. The van der Waals surface area contributed by atoms with Gasteiger partial charge in [-0.3, -0.25) is 0 Å². The van der Waals surface area contributed by atoms with E-state index in [0.29, 0.717) is 6.42 Å². The molecule has 1 aromatic heterocycles. The standard InChI is InChI=1S/C15H19FN2O/c1-10(2)18-9-17-8-14(18)15(19)7-12-6-13(16)5-4-11(12)3/h4-6,8-10,15,19H,7H2,1-3H3. The fourth-order valence-electron chi connectivity index (χ4n) is 2.18. The molecule has 19 heavy (non-hydrogen) atoms. The third-order valence-electron chi connectivity index (χ3n) is 3.32. The SMILES string of the molecule is Cc1ccc(F)cc1CC(O)c1cncn1C(C)C. The molecule has 1 unspecified atom stereocenters. The van der Waals surface area contributed by atoms with Gasteiger partial charge in [0.2, 0.25) is 0 Å². The van der Waals surface area contributed by atoms with E-state index in [1.165, 1.54) is 12.1 Å². The topological polar surface area (TPSA) is 38.1 Å². The van der Waals surface area contributed by atoms with Crippen molar-refractivity contribution in [3.8, 4) is 0 Å². The van der Waals surface area contributed by atoms with Crippen LogP contribution in [0.2, 0.25) is 0 Å². The normalized spacial score (nSPS) is 12.9. The summed E-state index contributed by atoms with van der Waals surface area (Å²) in [5, 5.41) is 10.3. The number of imidazole rings is 1. The molecule has 1 heterocycles. The summed E-state index contributed by atoms with van der Waals surface area (Å²) in [6, 6.07) is 4.88. The molecule has 0 aliphatic carbocycles. The number of nitrogens with zero attached hydrogens (tertiary/aromatic N) is 2. The molecule has 2 aromatic rings. The fourth-order valence-corrected chi connectivity index (χ4v) is 2.18. The lowest BCUT2D eigenvalue weighted by atomic mass is 10.0. The van der Waals surface area contributed by atoms with Gasteiger partial charge in [0.25, 0.3) is 0 Å². The average molecular weight is 262 g/mol. The highest BCUT2D eigenvalue weighted by Crippen LogP contribution is 2.23. The van der Waals surface area contributed by atoms with Crippen LogP contribution in [0.15, 0.2) is 30.7 Å². The Balaban J connectivity index is 2.23. The summed E-state index contributed by atoms with van der Waals surface area (Å²) in [7, 11) is 0. The Labute approximate surface area is 112 Å². The first kappa shape index (κ1) is 13.7. The van der Waals surface area contributed by atoms with Gasteiger partial charge in [-0.15, -0.1) is 0 Å². The minimum absolute atomic E-state index is 0.237. The monoisotopic (exact) mass is 262 g/mol. The molecule has 3 nitrogen and oxygen atoms in total. The molecule has 1 N–H and O–H groups in total. The van der Waals surface area contributed by atoms with Crippen LogP contribution in [-0.4, -0.2) is 14.7 Å². The molecular formula is C15H19FN2O. The van der Waals surface area contributed by atoms with Gasteiger partial charge in [-0.25, -0.2) is 9.37 Å². The molecule has 1 aromatic carbocycles. The maximum atomic E-state index is 13.2. The first-order valence-corrected chi connectivity index (χ1v) is 6.44. The van der Waals surface area contributed by atoms with E-state index in [2.05, 4.69) is 4.98 Å². The minimum Gasteiger partial charge on any atom is -0.386 e. The van der Waals surface area contributed by atoms with Crippen LogP contribution in [0.5, 0.6) is 0 Å². The Kier molecular flexibility index (Phi) is 4.00. The highest BCUT2D eigenvalue weighted by atomic mass is 19.1. The summed E-state index contributed by atoms with van der Waals surface area (Å²) in [5.74, 6) is -0.273. The van der Waals surface area contributed by atoms with Gasteiger partial charge in [0.15, 0.2) is 0 Å². The Morgan fingerprint density at radius 2 is 2.11 bits per heavy atom. The van der Waals surface area contributed by atoms with E-state index in [1.54, 1.807) is 18.6 Å². The first-order valence-electron chi connectivity index (χ1n) is 6.44. The summed E-state index contributed by atoms with van der Waals surface area (Å²) < 4.78 is 15.2. The maximum absolute atomic E-state index is 13.2. The number of aryl methyl sites for hydroxylation is 1. The van der Waals surface area contributed by atoms with E-state index in [4.69, 9.17) is 0 Å². The Morgan fingerprint density at radius 1 is 1.37 bits per heavy atom. The van der Waals surface area contributed by atoms with Crippen molar-refractivity contribution in [2.24, 2.45) is 0 Å². The van der Waals surface area contributed by atoms with Crippen LogP contribution in [0.3, 0.4) is 0 Å². The molecule has 0 radical (unpaired) electrons. The lowest BCUT2D eigenvalue weighted by molar-refractivity contribution is 0.167. The van der Waals surface area contributed by atoms with E-state index in [-0.39, 0.29) is 11.9 Å². The number of rotatable bonds is 4. The van der Waals surface area contributed by atoms with Gasteiger partial charge in [-0.2, -0.15) is 0 Å². The highest BCUT2D eigenvalue weighted by Gasteiger charge is 2.16. The van der Waals surface area contributed by atoms with Crippen molar-refractivity contribution in [2.45, 2.75) is 39.3 Å². The zero-order valence-corrected chi connectivity index (χ0v) is 11.5. The Bertz CT molecular complexity index is 563. The van der Waals surface area contributed by atoms with Crippen molar-refractivity contribution in [3.05, 3.63) is 53.4 Å². The Hall–Kier alpha value is -1.68. The molecule has 2 rings (SSSR count). The molecule has 102 valence electrons. The Morgan fingerprint density at radius 3 is 2.79 bits per heavy atom. The van der Waals surface area contributed by atoms with E-state index in [0.717, 1.165) is 16.8 Å². The van der Waals surface area contributed by atoms with Crippen molar-refractivity contribution in [1.29, 1.82) is 0 Å². The van der Waals surface area contributed by atoms with Crippen LogP contribution in [0.25, 0.3) is 0 Å². The maximum Gasteiger partial charge on any atom is 0.123 e.